The zero-order valence-electron chi connectivity index (χ0n) is 12.3. The lowest BCUT2D eigenvalue weighted by Crippen LogP contribution is -2.34. The van der Waals surface area contributed by atoms with Crippen molar-refractivity contribution in [2.24, 2.45) is 0 Å². The number of anilines is 1. The summed E-state index contributed by atoms with van der Waals surface area (Å²) in [7, 11) is 2.14. The highest BCUT2D eigenvalue weighted by Crippen LogP contribution is 2.38. The van der Waals surface area contributed by atoms with E-state index in [0.29, 0.717) is 11.6 Å². The van der Waals surface area contributed by atoms with E-state index in [2.05, 4.69) is 47.7 Å². The minimum absolute atomic E-state index is 0.542. The third-order valence-corrected chi connectivity index (χ3v) is 5.25. The van der Waals surface area contributed by atoms with Crippen molar-refractivity contribution in [2.45, 2.75) is 38.1 Å². The number of nitriles is 1. The van der Waals surface area contributed by atoms with E-state index >= 15 is 0 Å². The van der Waals surface area contributed by atoms with E-state index < -0.39 is 0 Å². The van der Waals surface area contributed by atoms with Crippen molar-refractivity contribution < 1.29 is 0 Å². The first-order valence-corrected chi connectivity index (χ1v) is 8.40. The van der Waals surface area contributed by atoms with Crippen LogP contribution in [-0.4, -0.2) is 13.1 Å². The van der Waals surface area contributed by atoms with Gasteiger partial charge in [-0.05, 0) is 24.3 Å². The van der Waals surface area contributed by atoms with Gasteiger partial charge in [0, 0.05) is 29.6 Å². The lowest BCUT2D eigenvalue weighted by atomic mass is 9.93. The summed E-state index contributed by atoms with van der Waals surface area (Å²) in [5, 5.41) is 11.6. The maximum atomic E-state index is 9.48. The molecule has 0 aliphatic heterocycles. The summed E-state index contributed by atoms with van der Waals surface area (Å²) in [6.07, 6.45) is 6.37. The summed E-state index contributed by atoms with van der Waals surface area (Å²) in [4.78, 5) is 3.54. The van der Waals surface area contributed by atoms with E-state index in [9.17, 15) is 5.26 Å². The Hall–Kier alpha value is -1.79. The average molecular weight is 295 g/mol. The van der Waals surface area contributed by atoms with Gasteiger partial charge in [0.2, 0.25) is 0 Å². The summed E-state index contributed by atoms with van der Waals surface area (Å²) in [5.74, 6) is 0. The second-order valence-corrected chi connectivity index (χ2v) is 6.55. The quantitative estimate of drug-likeness (QED) is 0.809. The second kappa shape index (κ2) is 6.32. The molecule has 0 amide bonds. The van der Waals surface area contributed by atoms with E-state index in [0.717, 1.165) is 11.3 Å². The van der Waals surface area contributed by atoms with Gasteiger partial charge in [-0.15, -0.1) is 11.3 Å². The molecule has 0 saturated heterocycles. The SMILES string of the molecule is CN(c1c(C#N)[c]ccc1-c1cccs1)C1CCCCC1. The van der Waals surface area contributed by atoms with Crippen molar-refractivity contribution in [1.82, 2.24) is 0 Å². The fraction of sp³-hybridized carbons (Fsp3) is 0.389. The van der Waals surface area contributed by atoms with Crippen LogP contribution >= 0.6 is 11.3 Å². The maximum Gasteiger partial charge on any atom is 0.102 e. The lowest BCUT2D eigenvalue weighted by Gasteiger charge is -2.34. The Morgan fingerprint density at radius 2 is 2.10 bits per heavy atom. The molecule has 1 saturated carbocycles. The highest BCUT2D eigenvalue weighted by atomic mass is 32.1. The summed E-state index contributed by atoms with van der Waals surface area (Å²) in [5.41, 5.74) is 2.87. The van der Waals surface area contributed by atoms with Crippen LogP contribution in [0, 0.1) is 17.4 Å². The van der Waals surface area contributed by atoms with Gasteiger partial charge in [0.15, 0.2) is 0 Å². The van der Waals surface area contributed by atoms with Gasteiger partial charge in [0.05, 0.1) is 11.3 Å². The highest BCUT2D eigenvalue weighted by Gasteiger charge is 2.23. The molecule has 1 radical (unpaired) electrons. The lowest BCUT2D eigenvalue weighted by molar-refractivity contribution is 0.427. The number of nitrogens with zero attached hydrogens (tertiary/aromatic N) is 2. The average Bonchev–Trinajstić information content (AvgIpc) is 3.08. The summed E-state index contributed by atoms with van der Waals surface area (Å²) in [6, 6.07) is 14.1. The van der Waals surface area contributed by atoms with Gasteiger partial charge in [0.25, 0.3) is 0 Å². The number of hydrogen-bond acceptors (Lipinski definition) is 3. The molecule has 3 rings (SSSR count). The highest BCUT2D eigenvalue weighted by molar-refractivity contribution is 7.13. The molecular formula is C18H19N2S. The van der Waals surface area contributed by atoms with Crippen LogP contribution in [0.5, 0.6) is 0 Å². The van der Waals surface area contributed by atoms with Crippen molar-refractivity contribution in [1.29, 1.82) is 5.26 Å². The first-order chi connectivity index (χ1) is 10.3. The van der Waals surface area contributed by atoms with Crippen LogP contribution in [0.4, 0.5) is 5.69 Å². The van der Waals surface area contributed by atoms with E-state index in [4.69, 9.17) is 0 Å². The second-order valence-electron chi connectivity index (χ2n) is 5.61. The van der Waals surface area contributed by atoms with Gasteiger partial charge < -0.3 is 4.90 Å². The molecule has 1 aliphatic carbocycles. The van der Waals surface area contributed by atoms with Gasteiger partial charge >= 0.3 is 0 Å². The standard InChI is InChI=1S/C18H19N2S/c1-20(15-8-3-2-4-9-15)18-14(13-19)7-5-10-16(18)17-11-6-12-21-17/h5-6,10-12,15H,2-4,8-9H2,1H3. The van der Waals surface area contributed by atoms with Crippen molar-refractivity contribution in [3.8, 4) is 16.5 Å². The van der Waals surface area contributed by atoms with E-state index in [-0.39, 0.29) is 0 Å². The number of hydrogen-bond donors (Lipinski definition) is 0. The molecule has 0 spiro atoms. The monoisotopic (exact) mass is 295 g/mol. The van der Waals surface area contributed by atoms with Crippen LogP contribution in [0.3, 0.4) is 0 Å². The molecule has 21 heavy (non-hydrogen) atoms. The zero-order valence-corrected chi connectivity index (χ0v) is 13.1. The maximum absolute atomic E-state index is 9.48. The number of benzene rings is 1. The van der Waals surface area contributed by atoms with Crippen LogP contribution in [-0.2, 0) is 0 Å². The summed E-state index contributed by atoms with van der Waals surface area (Å²) in [6.45, 7) is 0. The fourth-order valence-corrected chi connectivity index (χ4v) is 3.98. The van der Waals surface area contributed by atoms with Crippen molar-refractivity contribution >= 4 is 17.0 Å². The molecule has 1 fully saturated rings. The predicted octanol–water partition coefficient (Wildman–Crippen LogP) is 4.86. The molecule has 2 aromatic rings. The van der Waals surface area contributed by atoms with Gasteiger partial charge in [-0.3, -0.25) is 0 Å². The predicted molar refractivity (Wildman–Crippen MR) is 88.6 cm³/mol. The minimum Gasteiger partial charge on any atom is -0.370 e. The Kier molecular flexibility index (Phi) is 4.26. The van der Waals surface area contributed by atoms with Gasteiger partial charge in [0.1, 0.15) is 6.07 Å². The molecule has 1 aromatic heterocycles. The fourth-order valence-electron chi connectivity index (χ4n) is 3.22. The Balaban J connectivity index is 2.05. The smallest absolute Gasteiger partial charge is 0.102 e. The van der Waals surface area contributed by atoms with E-state index in [1.54, 1.807) is 11.3 Å². The van der Waals surface area contributed by atoms with Gasteiger partial charge in [-0.2, -0.15) is 5.26 Å². The van der Waals surface area contributed by atoms with Crippen LogP contribution in [0.2, 0.25) is 0 Å². The van der Waals surface area contributed by atoms with E-state index in [1.807, 2.05) is 6.07 Å². The molecule has 0 N–H and O–H groups in total. The molecule has 107 valence electrons. The van der Waals surface area contributed by atoms with Gasteiger partial charge in [-0.25, -0.2) is 0 Å². The normalized spacial score (nSPS) is 15.6. The molecular weight excluding hydrogens is 276 g/mol. The molecule has 3 heteroatoms. The van der Waals surface area contributed by atoms with Gasteiger partial charge in [-0.1, -0.05) is 37.5 Å². The van der Waals surface area contributed by atoms with Crippen LogP contribution < -0.4 is 4.90 Å². The third kappa shape index (κ3) is 2.82. The van der Waals surface area contributed by atoms with E-state index in [1.165, 1.54) is 37.0 Å². The molecule has 0 bridgehead atoms. The summed E-state index contributed by atoms with van der Waals surface area (Å²) < 4.78 is 0. The Bertz CT molecular complexity index is 634. The first-order valence-electron chi connectivity index (χ1n) is 7.52. The third-order valence-electron chi connectivity index (χ3n) is 4.34. The largest absolute Gasteiger partial charge is 0.370 e. The van der Waals surface area contributed by atoms with Crippen LogP contribution in [0.25, 0.3) is 10.4 Å². The summed E-state index contributed by atoms with van der Waals surface area (Å²) >= 11 is 1.72. The zero-order chi connectivity index (χ0) is 14.7. The Morgan fingerprint density at radius 1 is 1.29 bits per heavy atom. The van der Waals surface area contributed by atoms with Crippen molar-refractivity contribution in [3.05, 3.63) is 41.3 Å². The molecule has 0 atom stereocenters. The molecule has 1 aliphatic rings. The molecule has 1 heterocycles. The minimum atomic E-state index is 0.542. The first kappa shape index (κ1) is 14.2. The molecule has 0 unspecified atom stereocenters. The molecule has 1 aromatic carbocycles. The molecule has 2 nitrogen and oxygen atoms in total. The van der Waals surface area contributed by atoms with Crippen LogP contribution in [0.1, 0.15) is 37.7 Å². The van der Waals surface area contributed by atoms with Crippen molar-refractivity contribution in [3.63, 3.8) is 0 Å². The van der Waals surface area contributed by atoms with Crippen LogP contribution in [0.15, 0.2) is 29.6 Å². The Labute approximate surface area is 130 Å². The Morgan fingerprint density at radius 3 is 2.76 bits per heavy atom. The number of thiophene rings is 1. The van der Waals surface area contributed by atoms with Crippen molar-refractivity contribution in [2.75, 3.05) is 11.9 Å². The number of rotatable bonds is 3. The topological polar surface area (TPSA) is 27.0 Å².